The van der Waals surface area contributed by atoms with E-state index in [2.05, 4.69) is 416 Å². The third-order valence-corrected chi connectivity index (χ3v) is 3070. The maximum absolute atomic E-state index is 12.6. The predicted octanol–water partition coefficient (Wildman–Crippen LogP) is 38.8. The molecule has 0 spiro atoms. The van der Waals surface area contributed by atoms with Crippen molar-refractivity contribution in [3.8, 4) is 0 Å². The van der Waals surface area contributed by atoms with E-state index in [-0.39, 0.29) is 86.9 Å². The summed E-state index contributed by atoms with van der Waals surface area (Å²) in [7, 11) is -17.2. The molecule has 2 aliphatic rings. The van der Waals surface area contributed by atoms with Crippen LogP contribution in [0.3, 0.4) is 0 Å². The molecule has 2 aliphatic heterocycles. The minimum atomic E-state index is -3.94. The number of amides is 1. The number of amidine groups is 2. The van der Waals surface area contributed by atoms with Gasteiger partial charge in [-0.1, -0.05) is 92.4 Å². The molecule has 0 saturated heterocycles. The molecule has 2 heterocycles. The first-order valence-electron chi connectivity index (χ1n) is 22.4. The standard InChI is InChI=1S/C20H21N3O5S.C17H17N3O3S.CH4.ClH.I41/c1-2-28-20(25)22-15(14-8-4-3-5-9-14)12-13-17(24)19-21-16-10-6-7-11-18(16)29(26,27)23-19;18-13(12-6-2-1-3-7-12)10-11-15(21)17-19-14-8-4-5-9-16(14)24(22,23)20-17;;;1-22-24(4)26(6)28(8)30(10)32(12)34(14)36(16)38(18)40(20)41(21)39(19)37(17)35(15)33(13)31(11)29(9)27(7)25(5)23(2)3/h3-11,15H,2,12-13H2,1H3,(H,21,23)(H,22,25);1-9,13H,10-11,18H2,(H,19,20);1H4;1H;/q;;;;-1. The number of alkyl carbamates (subject to hydrolysis) is 1. The van der Waals surface area contributed by atoms with Crippen molar-refractivity contribution in [1.82, 2.24) is 5.32 Å². The predicted molar refractivity (Wildman–Crippen MR) is 775 cm³/mol. The number of carbonyl (C=O) groups is 3. The number of nitrogens with zero attached hydrogens (tertiary/aromatic N) is 2. The van der Waals surface area contributed by atoms with Crippen molar-refractivity contribution in [3.63, 3.8) is 0 Å². The van der Waals surface area contributed by atoms with Crippen molar-refractivity contribution >= 4 is 614 Å². The van der Waals surface area contributed by atoms with Crippen LogP contribution in [0, 0.1) is 0 Å². The number of nitrogens with two attached hydrogens (primary N) is 1. The minimum Gasteiger partial charge on any atom is -0.335 e. The monoisotopic (exact) mass is 6010 g/mol. The average molecular weight is 6010 g/mol. The molecule has 58 heteroatoms. The molecular formula is C38H43ClI41N6O8S2-. The van der Waals surface area contributed by atoms with Crippen molar-refractivity contribution in [1.29, 1.82) is 0 Å². The van der Waals surface area contributed by atoms with Crippen LogP contribution in [-0.4, -0.2) is 52.8 Å². The van der Waals surface area contributed by atoms with E-state index in [1.165, 1.54) is 12.1 Å². The molecule has 2 atom stereocenters. The summed E-state index contributed by atoms with van der Waals surface area (Å²) in [5.74, 6) is -1.23. The third-order valence-electron chi connectivity index (χ3n) is 9.64. The van der Waals surface area contributed by atoms with Gasteiger partial charge in [0.15, 0.2) is 23.2 Å². The number of nitrogens with one attached hydrogen (secondary N) is 3. The average Bonchev–Trinajstić information content (AvgIpc) is 0.795. The number of sulfonamides is 2. The number of para-hydroxylation sites is 2. The van der Waals surface area contributed by atoms with E-state index in [0.29, 0.717) is 31.1 Å². The Kier molecular flexibility index (Phi) is 77.2. The van der Waals surface area contributed by atoms with Crippen molar-refractivity contribution in [3.05, 3.63) is 120 Å². The van der Waals surface area contributed by atoms with E-state index in [4.69, 9.17) is 10.5 Å². The quantitative estimate of drug-likeness (QED) is 0.0348. The molecule has 0 aromatic heterocycles. The Bertz CT molecular complexity index is 3390. The zero-order chi connectivity index (χ0) is 70.7. The van der Waals surface area contributed by atoms with Gasteiger partial charge in [-0.15, -0.1) is 21.2 Å². The number of hydrogen-bond donors (Lipinski definition) is 4. The van der Waals surface area contributed by atoms with Crippen molar-refractivity contribution in [2.75, 3.05) is 17.2 Å². The van der Waals surface area contributed by atoms with Crippen LogP contribution >= 0.6 is 553 Å². The molecule has 5 N–H and O–H groups in total. The van der Waals surface area contributed by atoms with Crippen LogP contribution in [0.5, 0.6) is 0 Å². The Morgan fingerprint density at radius 3 is 1.11 bits per heavy atom. The van der Waals surface area contributed by atoms with Crippen LogP contribution in [0.15, 0.2) is 128 Å². The summed E-state index contributed by atoms with van der Waals surface area (Å²) in [5.41, 5.74) is 8.49. The second-order valence-corrected chi connectivity index (χ2v) is 960. The molecule has 0 saturated carbocycles. The Balaban J connectivity index is 0.000000502. The number of benzene rings is 4. The van der Waals surface area contributed by atoms with Gasteiger partial charge >= 0.3 is 560 Å². The van der Waals surface area contributed by atoms with E-state index in [0.717, 1.165) is 11.1 Å². The van der Waals surface area contributed by atoms with Gasteiger partial charge in [-0.3, -0.25) is 9.59 Å². The first-order valence-corrected chi connectivity index (χ1v) is 277. The summed E-state index contributed by atoms with van der Waals surface area (Å²) in [6.07, 6.45) is 0.170. The molecular weight excluding hydrogens is 5970 g/mol. The second-order valence-electron chi connectivity index (χ2n) is 15.0. The van der Waals surface area contributed by atoms with Gasteiger partial charge in [0.2, 0.25) is 0 Å². The first-order chi connectivity index (χ1) is 44.0. The van der Waals surface area contributed by atoms with Crippen LogP contribution in [0.2, 0.25) is 0 Å². The second kappa shape index (κ2) is 63.6. The minimum absolute atomic E-state index is 0. The van der Waals surface area contributed by atoms with Gasteiger partial charge in [0, 0.05) is 18.9 Å². The first kappa shape index (κ1) is 117. The van der Waals surface area contributed by atoms with E-state index in [1.807, 2.05) is 60.7 Å². The summed E-state index contributed by atoms with van der Waals surface area (Å²) >= 11 is 68.5. The van der Waals surface area contributed by atoms with Gasteiger partial charge in [-0.2, -0.15) is 16.8 Å². The zero-order valence-corrected chi connectivity index (χ0v) is 135. The topological polar surface area (TPSA) is 216 Å². The van der Waals surface area contributed by atoms with E-state index >= 15 is 0 Å². The Hall–Kier alpha value is 24.5. The van der Waals surface area contributed by atoms with Crippen molar-refractivity contribution in [2.24, 2.45) is 14.5 Å². The SMILES string of the molecule is C.CCOC(=O)NC(CCC(=O)C1=NS(=O)(=O)c2ccccc2N1)c1ccccc1.Cl.I[I-]I(I)I(I)I(I)I(I)I(I)I(I)I(I)I(I)I(I)I(I)I(I)I(I)I(I)I(I)I(I)I(I)I(I)I(I)I(I)I.NC(CCC(=O)C1=NS(=O)(=O)c2ccccc2N1)c1ccccc1. The zero-order valence-electron chi connectivity index (χ0n) is 44.5. The van der Waals surface area contributed by atoms with E-state index in [9.17, 15) is 31.2 Å². The number of fused-ring (bicyclic) bond motifs is 2. The van der Waals surface area contributed by atoms with Crippen molar-refractivity contribution in [2.45, 2.75) is 61.9 Å². The molecule has 6 rings (SSSR count). The Morgan fingerprint density at radius 1 is 0.479 bits per heavy atom. The molecule has 0 bridgehead atoms. The Labute approximate surface area is 847 Å². The van der Waals surface area contributed by atoms with Crippen molar-refractivity contribution < 1.29 is 49.2 Å². The molecule has 4 aromatic rings. The summed E-state index contributed by atoms with van der Waals surface area (Å²) in [6.45, 7) is 1.93. The fourth-order valence-corrected chi connectivity index (χ4v) is 7340. The maximum atomic E-state index is 12.6. The van der Waals surface area contributed by atoms with Gasteiger partial charge in [0.25, 0.3) is 20.0 Å². The van der Waals surface area contributed by atoms with Crippen LogP contribution in [0.25, 0.3) is 0 Å². The number of anilines is 2. The van der Waals surface area contributed by atoms with Crippen LogP contribution in [-0.2, 0) is 34.4 Å². The summed E-state index contributed by atoms with van der Waals surface area (Å²) in [6, 6.07) is 30.5. The summed E-state index contributed by atoms with van der Waals surface area (Å²) in [5, 5.41) is 8.32. The molecule has 0 aliphatic carbocycles. The summed E-state index contributed by atoms with van der Waals surface area (Å²) in [4.78, 5) is 36.9. The normalized spacial score (nSPS) is 16.7. The molecule has 2 unspecified atom stereocenters. The number of hydrogen-bond acceptors (Lipinski definition) is 11. The van der Waals surface area contributed by atoms with Gasteiger partial charge in [0.1, 0.15) is 9.79 Å². The Morgan fingerprint density at radius 2 is 0.781 bits per heavy atom. The summed E-state index contributed by atoms with van der Waals surface area (Å²) < 4.78 is 61.0. The fraction of sp³-hybridized carbons (Fsp3) is 0.237. The molecule has 1 amide bonds. The number of rotatable bonds is 31. The molecule has 4 aromatic carbocycles. The number of ketones is 2. The number of ether oxygens (including phenoxy) is 1. The van der Waals surface area contributed by atoms with Crippen LogP contribution < -0.4 is 34.9 Å². The van der Waals surface area contributed by atoms with Gasteiger partial charge in [-0.25, -0.2) is 4.79 Å². The largest absolute Gasteiger partial charge is 0.335 e. The number of Topliss-reactive ketones (excluding diaryl/α,β-unsaturated/α-hetero) is 2. The molecule has 0 radical (unpaired) electrons. The number of carbonyl (C=O) groups excluding carboxylic acids is 3. The number of halogens is 42. The van der Waals surface area contributed by atoms with Crippen LogP contribution in [0.4, 0.5) is 16.2 Å². The molecule has 580 valence electrons. The third kappa shape index (κ3) is 41.1. The van der Waals surface area contributed by atoms with E-state index < -0.39 is 180 Å². The maximum Gasteiger partial charge on any atom is 0.286 e. The van der Waals surface area contributed by atoms with E-state index in [1.54, 1.807) is 43.3 Å². The van der Waals surface area contributed by atoms with Gasteiger partial charge in [-0.05, 0) is 55.2 Å². The van der Waals surface area contributed by atoms with Crippen LogP contribution in [0.1, 0.15) is 63.2 Å². The fourth-order valence-electron chi connectivity index (χ4n) is 6.00. The molecule has 14 nitrogen and oxygen atoms in total. The van der Waals surface area contributed by atoms with Gasteiger partial charge < -0.3 is 26.4 Å². The molecule has 96 heavy (non-hydrogen) atoms. The smallest absolute Gasteiger partial charge is 0.286 e. The van der Waals surface area contributed by atoms with Gasteiger partial charge in [0.05, 0.1) is 24.0 Å². The molecule has 0 fully saturated rings.